The standard InChI is InChI=1S/C12H14N2O2/c15-11-4-2-1-3-8(11)6-14-7-9-5-10(13-9)12(14)16/h1-4,9-10,13,15H,5-7H2. The number of carbonyl (C=O) groups excluding carboxylic acids is 1. The van der Waals surface area contributed by atoms with Gasteiger partial charge < -0.3 is 15.3 Å². The summed E-state index contributed by atoms with van der Waals surface area (Å²) < 4.78 is 0. The van der Waals surface area contributed by atoms with E-state index in [1.807, 2.05) is 17.0 Å². The summed E-state index contributed by atoms with van der Waals surface area (Å²) in [5, 5.41) is 12.9. The van der Waals surface area contributed by atoms with Crippen LogP contribution in [0, 0.1) is 0 Å². The molecule has 3 heterocycles. The summed E-state index contributed by atoms with van der Waals surface area (Å²) in [7, 11) is 0. The van der Waals surface area contributed by atoms with E-state index in [9.17, 15) is 9.90 Å². The Bertz CT molecular complexity index is 427. The number of para-hydroxylation sites is 1. The summed E-state index contributed by atoms with van der Waals surface area (Å²) >= 11 is 0. The second-order valence-electron chi connectivity index (χ2n) is 4.50. The zero-order valence-corrected chi connectivity index (χ0v) is 8.89. The van der Waals surface area contributed by atoms with Crippen LogP contribution in [-0.4, -0.2) is 34.5 Å². The molecule has 0 aromatic heterocycles. The van der Waals surface area contributed by atoms with E-state index in [0.29, 0.717) is 12.6 Å². The quantitative estimate of drug-likeness (QED) is 0.758. The number of hydrogen-bond donors (Lipinski definition) is 2. The largest absolute Gasteiger partial charge is 0.508 e. The molecule has 4 heteroatoms. The van der Waals surface area contributed by atoms with Gasteiger partial charge in [-0.3, -0.25) is 4.79 Å². The fraction of sp³-hybridized carbons (Fsp3) is 0.417. The summed E-state index contributed by atoms with van der Waals surface area (Å²) in [4.78, 5) is 13.7. The number of phenolic OH excluding ortho intramolecular Hbond substituents is 1. The van der Waals surface area contributed by atoms with E-state index in [-0.39, 0.29) is 17.7 Å². The van der Waals surface area contributed by atoms with Crippen molar-refractivity contribution in [2.24, 2.45) is 0 Å². The van der Waals surface area contributed by atoms with Crippen LogP contribution in [0.2, 0.25) is 0 Å². The molecule has 3 aliphatic rings. The van der Waals surface area contributed by atoms with Gasteiger partial charge in [0, 0.05) is 24.7 Å². The first kappa shape index (κ1) is 9.66. The van der Waals surface area contributed by atoms with Gasteiger partial charge in [-0.1, -0.05) is 18.2 Å². The van der Waals surface area contributed by atoms with E-state index in [4.69, 9.17) is 0 Å². The molecule has 2 unspecified atom stereocenters. The van der Waals surface area contributed by atoms with Crippen LogP contribution in [0.1, 0.15) is 12.0 Å². The van der Waals surface area contributed by atoms with Crippen molar-refractivity contribution in [1.29, 1.82) is 0 Å². The van der Waals surface area contributed by atoms with E-state index >= 15 is 0 Å². The molecule has 16 heavy (non-hydrogen) atoms. The van der Waals surface area contributed by atoms with Crippen LogP contribution < -0.4 is 5.32 Å². The number of phenols is 1. The molecule has 0 saturated carbocycles. The molecule has 1 amide bonds. The Morgan fingerprint density at radius 2 is 2.19 bits per heavy atom. The van der Waals surface area contributed by atoms with Gasteiger partial charge in [0.05, 0.1) is 6.04 Å². The molecule has 84 valence electrons. The molecule has 0 spiro atoms. The van der Waals surface area contributed by atoms with Gasteiger partial charge in [-0.05, 0) is 12.5 Å². The number of hydrogen-bond acceptors (Lipinski definition) is 3. The summed E-state index contributed by atoms with van der Waals surface area (Å²) in [6.07, 6.45) is 0.968. The maximum atomic E-state index is 11.9. The molecule has 2 bridgehead atoms. The lowest BCUT2D eigenvalue weighted by Crippen LogP contribution is -2.69. The van der Waals surface area contributed by atoms with Gasteiger partial charge >= 0.3 is 0 Å². The Morgan fingerprint density at radius 3 is 2.88 bits per heavy atom. The number of nitrogens with one attached hydrogen (secondary N) is 1. The number of rotatable bonds is 2. The number of benzene rings is 1. The number of piperazine rings is 1. The lowest BCUT2D eigenvalue weighted by atomic mass is 9.90. The molecule has 4 nitrogen and oxygen atoms in total. The fourth-order valence-electron chi connectivity index (χ4n) is 2.41. The van der Waals surface area contributed by atoms with Crippen LogP contribution in [0.15, 0.2) is 24.3 Å². The molecule has 3 saturated heterocycles. The second-order valence-corrected chi connectivity index (χ2v) is 4.50. The lowest BCUT2D eigenvalue weighted by Gasteiger charge is -2.47. The smallest absolute Gasteiger partial charge is 0.240 e. The van der Waals surface area contributed by atoms with Crippen molar-refractivity contribution < 1.29 is 9.90 Å². The average Bonchev–Trinajstić information content (AvgIpc) is 2.22. The molecule has 3 fully saturated rings. The van der Waals surface area contributed by atoms with Crippen molar-refractivity contribution in [1.82, 2.24) is 10.2 Å². The molecule has 1 aromatic rings. The van der Waals surface area contributed by atoms with E-state index in [0.717, 1.165) is 18.5 Å². The third kappa shape index (κ3) is 1.46. The Balaban J connectivity index is 1.75. The highest BCUT2D eigenvalue weighted by molar-refractivity contribution is 5.84. The molecule has 0 radical (unpaired) electrons. The molecule has 0 aliphatic carbocycles. The SMILES string of the molecule is O=C1C2CC(CN1Cc1ccccc1O)N2. The third-order valence-electron chi connectivity index (χ3n) is 3.36. The summed E-state index contributed by atoms with van der Waals surface area (Å²) in [6, 6.07) is 7.65. The Hall–Kier alpha value is -1.55. The molecule has 4 rings (SSSR count). The number of nitrogens with zero attached hydrogens (tertiary/aromatic N) is 1. The van der Waals surface area contributed by atoms with Gasteiger partial charge in [-0.2, -0.15) is 0 Å². The van der Waals surface area contributed by atoms with Crippen LogP contribution in [-0.2, 0) is 11.3 Å². The predicted octanol–water partition coefficient (Wildman–Crippen LogP) is 0.465. The van der Waals surface area contributed by atoms with Crippen molar-refractivity contribution in [3.05, 3.63) is 29.8 Å². The monoisotopic (exact) mass is 218 g/mol. The van der Waals surface area contributed by atoms with Gasteiger partial charge in [0.2, 0.25) is 5.91 Å². The van der Waals surface area contributed by atoms with E-state index < -0.39 is 0 Å². The number of piperidine rings is 1. The lowest BCUT2D eigenvalue weighted by molar-refractivity contribution is -0.143. The molecular weight excluding hydrogens is 204 g/mol. The Morgan fingerprint density at radius 1 is 1.44 bits per heavy atom. The Kier molecular flexibility index (Phi) is 2.11. The van der Waals surface area contributed by atoms with Gasteiger partial charge in [0.1, 0.15) is 5.75 Å². The predicted molar refractivity (Wildman–Crippen MR) is 58.9 cm³/mol. The number of amides is 1. The molecule has 2 N–H and O–H groups in total. The minimum Gasteiger partial charge on any atom is -0.508 e. The zero-order chi connectivity index (χ0) is 11.1. The highest BCUT2D eigenvalue weighted by Gasteiger charge is 2.42. The van der Waals surface area contributed by atoms with Crippen molar-refractivity contribution in [2.45, 2.75) is 25.0 Å². The molecule has 1 aromatic carbocycles. The van der Waals surface area contributed by atoms with Gasteiger partial charge in [-0.25, -0.2) is 0 Å². The molecule has 3 aliphatic heterocycles. The normalized spacial score (nSPS) is 27.8. The van der Waals surface area contributed by atoms with Crippen molar-refractivity contribution in [3.63, 3.8) is 0 Å². The van der Waals surface area contributed by atoms with Crippen LogP contribution in [0.4, 0.5) is 0 Å². The number of aromatic hydroxyl groups is 1. The van der Waals surface area contributed by atoms with E-state index in [2.05, 4.69) is 5.32 Å². The first-order valence-corrected chi connectivity index (χ1v) is 5.56. The van der Waals surface area contributed by atoms with Crippen molar-refractivity contribution >= 4 is 5.91 Å². The highest BCUT2D eigenvalue weighted by Crippen LogP contribution is 2.25. The zero-order valence-electron chi connectivity index (χ0n) is 8.89. The summed E-state index contributed by atoms with van der Waals surface area (Å²) in [5.41, 5.74) is 0.817. The minimum absolute atomic E-state index is 0.0182. The topological polar surface area (TPSA) is 52.6 Å². The van der Waals surface area contributed by atoms with Crippen LogP contribution >= 0.6 is 0 Å². The van der Waals surface area contributed by atoms with Gasteiger partial charge in [0.15, 0.2) is 0 Å². The number of carbonyl (C=O) groups is 1. The van der Waals surface area contributed by atoms with E-state index in [1.54, 1.807) is 12.1 Å². The van der Waals surface area contributed by atoms with Crippen LogP contribution in [0.25, 0.3) is 0 Å². The highest BCUT2D eigenvalue weighted by atomic mass is 16.3. The average molecular weight is 218 g/mol. The van der Waals surface area contributed by atoms with Crippen LogP contribution in [0.5, 0.6) is 5.75 Å². The third-order valence-corrected chi connectivity index (χ3v) is 3.36. The summed E-state index contributed by atoms with van der Waals surface area (Å²) in [6.45, 7) is 1.27. The second kappa shape index (κ2) is 3.49. The molecule has 2 atom stereocenters. The maximum Gasteiger partial charge on any atom is 0.240 e. The van der Waals surface area contributed by atoms with Gasteiger partial charge in [0.25, 0.3) is 0 Å². The Labute approximate surface area is 93.9 Å². The van der Waals surface area contributed by atoms with Crippen molar-refractivity contribution in [3.8, 4) is 5.75 Å². The molecular formula is C12H14N2O2. The number of fused-ring (bicyclic) bond motifs is 2. The fourth-order valence-corrected chi connectivity index (χ4v) is 2.41. The summed E-state index contributed by atoms with van der Waals surface area (Å²) in [5.74, 6) is 0.424. The first-order valence-electron chi connectivity index (χ1n) is 5.56. The van der Waals surface area contributed by atoms with Crippen LogP contribution in [0.3, 0.4) is 0 Å². The first-order chi connectivity index (χ1) is 7.74. The minimum atomic E-state index is 0.0182. The maximum absolute atomic E-state index is 11.9. The van der Waals surface area contributed by atoms with Crippen molar-refractivity contribution in [2.75, 3.05) is 6.54 Å². The van der Waals surface area contributed by atoms with Gasteiger partial charge in [-0.15, -0.1) is 0 Å². The van der Waals surface area contributed by atoms with E-state index in [1.165, 1.54) is 0 Å².